The maximum Gasteiger partial charge on any atom is 0.271 e. The summed E-state index contributed by atoms with van der Waals surface area (Å²) in [5.74, 6) is -0.112. The van der Waals surface area contributed by atoms with E-state index in [1.165, 1.54) is 48.4 Å². The zero-order chi connectivity index (χ0) is 17.8. The van der Waals surface area contributed by atoms with Gasteiger partial charge in [0.1, 0.15) is 10.7 Å². The van der Waals surface area contributed by atoms with Crippen molar-refractivity contribution in [3.8, 4) is 10.6 Å². The molecule has 0 atom stereocenters. The van der Waals surface area contributed by atoms with Gasteiger partial charge in [-0.2, -0.15) is 11.3 Å². The predicted molar refractivity (Wildman–Crippen MR) is 108 cm³/mol. The Labute approximate surface area is 161 Å². The van der Waals surface area contributed by atoms with Crippen LogP contribution in [0.25, 0.3) is 10.6 Å². The first-order valence-electron chi connectivity index (χ1n) is 8.85. The number of nitrogens with zero attached hydrogens (tertiary/aromatic N) is 2. The molecule has 2 aromatic heterocycles. The number of thiophene rings is 1. The van der Waals surface area contributed by atoms with E-state index < -0.39 is 0 Å². The van der Waals surface area contributed by atoms with Gasteiger partial charge in [-0.15, -0.1) is 11.3 Å². The van der Waals surface area contributed by atoms with E-state index >= 15 is 0 Å². The maximum absolute atomic E-state index is 12.5. The average molecular weight is 384 g/mol. The van der Waals surface area contributed by atoms with Crippen molar-refractivity contribution in [1.82, 2.24) is 15.2 Å². The summed E-state index contributed by atoms with van der Waals surface area (Å²) in [6.45, 7) is 3.84. The second-order valence-corrected chi connectivity index (χ2v) is 8.12. The Hall–Kier alpha value is -2.02. The van der Waals surface area contributed by atoms with Crippen LogP contribution in [-0.2, 0) is 13.1 Å². The second-order valence-electron chi connectivity index (χ2n) is 6.48. The van der Waals surface area contributed by atoms with Gasteiger partial charge in [0.15, 0.2) is 0 Å². The van der Waals surface area contributed by atoms with Crippen LogP contribution in [0.4, 0.5) is 0 Å². The van der Waals surface area contributed by atoms with Gasteiger partial charge in [-0.3, -0.25) is 9.69 Å². The highest BCUT2D eigenvalue weighted by atomic mass is 32.1. The molecule has 0 spiro atoms. The molecule has 3 heterocycles. The second kappa shape index (κ2) is 8.12. The van der Waals surface area contributed by atoms with Crippen molar-refractivity contribution in [2.75, 3.05) is 13.1 Å². The molecule has 26 heavy (non-hydrogen) atoms. The summed E-state index contributed by atoms with van der Waals surface area (Å²) in [6, 6.07) is 10.4. The van der Waals surface area contributed by atoms with E-state index in [4.69, 9.17) is 0 Å². The van der Waals surface area contributed by atoms with Crippen molar-refractivity contribution in [3.63, 3.8) is 0 Å². The lowest BCUT2D eigenvalue weighted by molar-refractivity contribution is 0.0946. The Bertz CT molecular complexity index is 867. The van der Waals surface area contributed by atoms with Crippen molar-refractivity contribution < 1.29 is 4.79 Å². The summed E-state index contributed by atoms with van der Waals surface area (Å²) in [4.78, 5) is 19.4. The van der Waals surface area contributed by atoms with E-state index in [0.29, 0.717) is 12.2 Å². The minimum Gasteiger partial charge on any atom is -0.347 e. The highest BCUT2D eigenvalue weighted by Crippen LogP contribution is 2.25. The van der Waals surface area contributed by atoms with Crippen LogP contribution < -0.4 is 5.32 Å². The van der Waals surface area contributed by atoms with E-state index in [9.17, 15) is 4.79 Å². The van der Waals surface area contributed by atoms with Crippen LogP contribution >= 0.6 is 22.7 Å². The first kappa shape index (κ1) is 17.4. The first-order chi connectivity index (χ1) is 12.8. The van der Waals surface area contributed by atoms with Crippen molar-refractivity contribution in [3.05, 3.63) is 63.3 Å². The van der Waals surface area contributed by atoms with Crippen LogP contribution in [0.2, 0.25) is 0 Å². The lowest BCUT2D eigenvalue weighted by atomic mass is 10.1. The molecule has 0 bridgehead atoms. The zero-order valence-electron chi connectivity index (χ0n) is 14.5. The number of rotatable bonds is 6. The highest BCUT2D eigenvalue weighted by Gasteiger charge is 2.15. The third-order valence-corrected chi connectivity index (χ3v) is 6.23. The Morgan fingerprint density at radius 3 is 2.69 bits per heavy atom. The predicted octanol–water partition coefficient (Wildman–Crippen LogP) is 4.40. The van der Waals surface area contributed by atoms with Crippen LogP contribution in [0.15, 0.2) is 46.5 Å². The summed E-state index contributed by atoms with van der Waals surface area (Å²) in [7, 11) is 0. The van der Waals surface area contributed by atoms with Crippen LogP contribution in [0.3, 0.4) is 0 Å². The Morgan fingerprint density at radius 2 is 1.92 bits per heavy atom. The minimum absolute atomic E-state index is 0.112. The van der Waals surface area contributed by atoms with Crippen molar-refractivity contribution >= 4 is 28.6 Å². The molecule has 1 saturated heterocycles. The maximum atomic E-state index is 12.5. The standard InChI is InChI=1S/C20H21N3OS2/c24-19(18-14-26-20(22-18)17-7-10-25-13-17)21-11-15-5-1-2-6-16(15)12-23-8-3-4-9-23/h1-2,5-7,10,13-14H,3-4,8-9,11-12H2,(H,21,24). The van der Waals surface area contributed by atoms with Crippen LogP contribution in [0.1, 0.15) is 34.5 Å². The molecular formula is C20H21N3OS2. The van der Waals surface area contributed by atoms with Gasteiger partial charge in [0.05, 0.1) is 0 Å². The molecule has 1 aliphatic heterocycles. The van der Waals surface area contributed by atoms with Crippen molar-refractivity contribution in [1.29, 1.82) is 0 Å². The molecule has 0 aliphatic carbocycles. The van der Waals surface area contributed by atoms with Gasteiger partial charge in [-0.05, 0) is 48.5 Å². The molecule has 1 fully saturated rings. The number of likely N-dealkylation sites (tertiary alicyclic amines) is 1. The van der Waals surface area contributed by atoms with Gasteiger partial charge in [0, 0.05) is 29.4 Å². The quantitative estimate of drug-likeness (QED) is 0.686. The molecule has 134 valence electrons. The molecule has 0 unspecified atom stereocenters. The number of benzene rings is 1. The van der Waals surface area contributed by atoms with Gasteiger partial charge in [-0.25, -0.2) is 4.98 Å². The van der Waals surface area contributed by atoms with Crippen LogP contribution in [0, 0.1) is 0 Å². The first-order valence-corrected chi connectivity index (χ1v) is 10.7. The molecule has 0 saturated carbocycles. The summed E-state index contributed by atoms with van der Waals surface area (Å²) in [6.07, 6.45) is 2.57. The number of amides is 1. The fourth-order valence-corrected chi connectivity index (χ4v) is 4.74. The molecule has 4 rings (SSSR count). The largest absolute Gasteiger partial charge is 0.347 e. The van der Waals surface area contributed by atoms with Crippen LogP contribution in [-0.4, -0.2) is 28.9 Å². The third kappa shape index (κ3) is 4.03. The number of nitrogens with one attached hydrogen (secondary N) is 1. The lowest BCUT2D eigenvalue weighted by Gasteiger charge is -2.17. The van der Waals surface area contributed by atoms with Gasteiger partial charge in [0.25, 0.3) is 5.91 Å². The number of hydrogen-bond acceptors (Lipinski definition) is 5. The Kier molecular flexibility index (Phi) is 5.43. The summed E-state index contributed by atoms with van der Waals surface area (Å²) in [5.41, 5.74) is 4.05. The van der Waals surface area contributed by atoms with E-state index in [1.54, 1.807) is 11.3 Å². The van der Waals surface area contributed by atoms with Crippen molar-refractivity contribution in [2.45, 2.75) is 25.9 Å². The van der Waals surface area contributed by atoms with Gasteiger partial charge in [-0.1, -0.05) is 24.3 Å². The summed E-state index contributed by atoms with van der Waals surface area (Å²) in [5, 5.41) is 9.83. The molecule has 4 nitrogen and oxygen atoms in total. The minimum atomic E-state index is -0.112. The van der Waals surface area contributed by atoms with Gasteiger partial charge < -0.3 is 5.32 Å². The van der Waals surface area contributed by atoms with Gasteiger partial charge >= 0.3 is 0 Å². The molecule has 6 heteroatoms. The summed E-state index contributed by atoms with van der Waals surface area (Å²) >= 11 is 3.15. The molecule has 0 radical (unpaired) electrons. The third-order valence-electron chi connectivity index (χ3n) is 4.66. The van der Waals surface area contributed by atoms with Crippen LogP contribution in [0.5, 0.6) is 0 Å². The topological polar surface area (TPSA) is 45.2 Å². The fraction of sp³-hybridized carbons (Fsp3) is 0.300. The average Bonchev–Trinajstić information content (AvgIpc) is 3.41. The lowest BCUT2D eigenvalue weighted by Crippen LogP contribution is -2.25. The number of thiazole rings is 1. The molecule has 1 N–H and O–H groups in total. The summed E-state index contributed by atoms with van der Waals surface area (Å²) < 4.78 is 0. The zero-order valence-corrected chi connectivity index (χ0v) is 16.1. The molecule has 1 aliphatic rings. The van der Waals surface area contributed by atoms with E-state index in [-0.39, 0.29) is 5.91 Å². The van der Waals surface area contributed by atoms with E-state index in [1.807, 2.05) is 22.9 Å². The Morgan fingerprint density at radius 1 is 1.12 bits per heavy atom. The monoisotopic (exact) mass is 383 g/mol. The number of carbonyl (C=O) groups excluding carboxylic acids is 1. The molecule has 1 aromatic carbocycles. The SMILES string of the molecule is O=C(NCc1ccccc1CN1CCCC1)c1csc(-c2ccsc2)n1. The number of aromatic nitrogens is 1. The van der Waals surface area contributed by atoms with E-state index in [0.717, 1.165) is 17.1 Å². The smallest absolute Gasteiger partial charge is 0.271 e. The van der Waals surface area contributed by atoms with E-state index in [2.05, 4.69) is 38.8 Å². The van der Waals surface area contributed by atoms with Crippen molar-refractivity contribution in [2.24, 2.45) is 0 Å². The normalized spacial score (nSPS) is 14.6. The molecule has 1 amide bonds. The molecule has 3 aromatic rings. The number of hydrogen-bond donors (Lipinski definition) is 1. The fourth-order valence-electron chi connectivity index (χ4n) is 3.23. The molecular weight excluding hydrogens is 362 g/mol. The Balaban J connectivity index is 1.40. The van der Waals surface area contributed by atoms with Gasteiger partial charge in [0.2, 0.25) is 0 Å². The highest BCUT2D eigenvalue weighted by molar-refractivity contribution is 7.14. The number of carbonyl (C=O) groups is 1.